The molecule has 1 N–H and O–H groups in total. The molecule has 8 heteroatoms. The number of amides is 1. The van der Waals surface area contributed by atoms with Gasteiger partial charge >= 0.3 is 5.97 Å². The Morgan fingerprint density at radius 3 is 2.60 bits per heavy atom. The first-order valence-electron chi connectivity index (χ1n) is 7.82. The monoisotopic (exact) mass is 362 g/mol. The largest absolute Gasteiger partial charge is 0.462 e. The van der Waals surface area contributed by atoms with Gasteiger partial charge in [0.05, 0.1) is 17.1 Å². The molecule has 0 unspecified atom stereocenters. The van der Waals surface area contributed by atoms with Crippen LogP contribution in [-0.2, 0) is 11.2 Å². The summed E-state index contributed by atoms with van der Waals surface area (Å²) in [6.45, 7) is 3.92. The van der Waals surface area contributed by atoms with Crippen molar-refractivity contribution in [3.8, 4) is 0 Å². The average Bonchev–Trinajstić information content (AvgIpc) is 2.98. The van der Waals surface area contributed by atoms with E-state index in [-0.39, 0.29) is 23.4 Å². The van der Waals surface area contributed by atoms with Crippen LogP contribution in [0.3, 0.4) is 0 Å². The maximum atomic E-state index is 12.5. The minimum Gasteiger partial charge on any atom is -0.462 e. The van der Waals surface area contributed by atoms with Crippen LogP contribution >= 0.6 is 11.3 Å². The Morgan fingerprint density at radius 2 is 1.96 bits per heavy atom. The van der Waals surface area contributed by atoms with Gasteiger partial charge in [-0.3, -0.25) is 14.9 Å². The molecule has 0 saturated carbocycles. The maximum Gasteiger partial charge on any atom is 0.341 e. The summed E-state index contributed by atoms with van der Waals surface area (Å²) in [6.07, 6.45) is 1.65. The zero-order valence-electron chi connectivity index (χ0n) is 13.9. The Morgan fingerprint density at radius 1 is 1.24 bits per heavy atom. The van der Waals surface area contributed by atoms with Crippen molar-refractivity contribution in [1.82, 2.24) is 0 Å². The molecular formula is C17H18N2O5S. The standard InChI is InChI=1S/C17H18N2O5S/c1-3-7-11-10-13(17(21)24-4-2)16(25-11)18-15(20)12-8-5-6-9-14(12)19(22)23/h5-6,8-10H,3-4,7H2,1-2H3,(H,18,20). The molecule has 1 amide bonds. The van der Waals surface area contributed by atoms with Gasteiger partial charge in [-0.15, -0.1) is 11.3 Å². The second-order valence-electron chi connectivity index (χ2n) is 5.15. The van der Waals surface area contributed by atoms with Gasteiger partial charge in [-0.05, 0) is 25.5 Å². The summed E-state index contributed by atoms with van der Waals surface area (Å²) in [6, 6.07) is 7.37. The Hall–Kier alpha value is -2.74. The number of nitrogens with one attached hydrogen (secondary N) is 1. The van der Waals surface area contributed by atoms with Crippen LogP contribution in [0, 0.1) is 10.1 Å². The van der Waals surface area contributed by atoms with E-state index in [0.29, 0.717) is 5.00 Å². The van der Waals surface area contributed by atoms with Crippen LogP contribution in [-0.4, -0.2) is 23.4 Å². The number of anilines is 1. The number of hydrogen-bond acceptors (Lipinski definition) is 6. The van der Waals surface area contributed by atoms with Crippen LogP contribution in [0.2, 0.25) is 0 Å². The van der Waals surface area contributed by atoms with Crippen molar-refractivity contribution in [2.45, 2.75) is 26.7 Å². The quantitative estimate of drug-likeness (QED) is 0.455. The fourth-order valence-electron chi connectivity index (χ4n) is 2.26. The van der Waals surface area contributed by atoms with Crippen LogP contribution in [0.1, 0.15) is 45.9 Å². The number of nitro groups is 1. The van der Waals surface area contributed by atoms with Gasteiger partial charge in [0.1, 0.15) is 10.6 Å². The molecule has 1 aromatic heterocycles. The van der Waals surface area contributed by atoms with Crippen molar-refractivity contribution in [2.75, 3.05) is 11.9 Å². The summed E-state index contributed by atoms with van der Waals surface area (Å²) < 4.78 is 5.02. The van der Waals surface area contributed by atoms with Crippen molar-refractivity contribution in [1.29, 1.82) is 0 Å². The number of nitrogens with zero attached hydrogens (tertiary/aromatic N) is 1. The van der Waals surface area contributed by atoms with Gasteiger partial charge < -0.3 is 10.1 Å². The molecule has 0 spiro atoms. The van der Waals surface area contributed by atoms with Crippen LogP contribution in [0.15, 0.2) is 30.3 Å². The van der Waals surface area contributed by atoms with E-state index in [0.717, 1.165) is 17.7 Å². The second kappa shape index (κ2) is 8.39. The summed E-state index contributed by atoms with van der Waals surface area (Å²) >= 11 is 1.27. The van der Waals surface area contributed by atoms with Gasteiger partial charge in [0.2, 0.25) is 0 Å². The van der Waals surface area contributed by atoms with E-state index in [2.05, 4.69) is 5.32 Å². The predicted molar refractivity (Wildman–Crippen MR) is 95.3 cm³/mol. The fraction of sp³-hybridized carbons (Fsp3) is 0.294. The Bertz CT molecular complexity index is 800. The fourth-order valence-corrected chi connectivity index (χ4v) is 3.40. The van der Waals surface area contributed by atoms with Gasteiger partial charge in [-0.1, -0.05) is 25.5 Å². The molecule has 25 heavy (non-hydrogen) atoms. The molecule has 0 bridgehead atoms. The zero-order chi connectivity index (χ0) is 18.4. The van der Waals surface area contributed by atoms with Crippen molar-refractivity contribution >= 4 is 33.9 Å². The number of nitro benzene ring substituents is 1. The average molecular weight is 362 g/mol. The molecule has 7 nitrogen and oxygen atoms in total. The van der Waals surface area contributed by atoms with E-state index in [9.17, 15) is 19.7 Å². The van der Waals surface area contributed by atoms with E-state index in [1.165, 1.54) is 29.5 Å². The first-order chi connectivity index (χ1) is 12.0. The van der Waals surface area contributed by atoms with Gasteiger partial charge in [-0.2, -0.15) is 0 Å². The molecule has 1 aromatic carbocycles. The van der Waals surface area contributed by atoms with E-state index in [1.54, 1.807) is 19.1 Å². The highest BCUT2D eigenvalue weighted by Gasteiger charge is 2.23. The third kappa shape index (κ3) is 4.42. The van der Waals surface area contributed by atoms with E-state index in [4.69, 9.17) is 4.74 Å². The third-order valence-corrected chi connectivity index (χ3v) is 4.46. The molecule has 0 aliphatic rings. The van der Waals surface area contributed by atoms with Gasteiger partial charge in [-0.25, -0.2) is 4.79 Å². The van der Waals surface area contributed by atoms with Crippen LogP contribution in [0.5, 0.6) is 0 Å². The smallest absolute Gasteiger partial charge is 0.341 e. The molecule has 0 fully saturated rings. The third-order valence-electron chi connectivity index (χ3n) is 3.35. The molecule has 0 radical (unpaired) electrons. The van der Waals surface area contributed by atoms with Crippen LogP contribution in [0.4, 0.5) is 10.7 Å². The van der Waals surface area contributed by atoms with Gasteiger partial charge in [0.25, 0.3) is 11.6 Å². The molecule has 0 aliphatic carbocycles. The SMILES string of the molecule is CCCc1cc(C(=O)OCC)c(NC(=O)c2ccccc2[N+](=O)[O-])s1. The molecule has 2 aromatic rings. The summed E-state index contributed by atoms with van der Waals surface area (Å²) in [5.74, 6) is -1.17. The number of para-hydroxylation sites is 1. The lowest BCUT2D eigenvalue weighted by Gasteiger charge is -2.06. The number of thiophene rings is 1. The molecule has 0 atom stereocenters. The minimum absolute atomic E-state index is 0.0623. The van der Waals surface area contributed by atoms with Crippen molar-refractivity contribution in [3.63, 3.8) is 0 Å². The lowest BCUT2D eigenvalue weighted by molar-refractivity contribution is -0.385. The highest BCUT2D eigenvalue weighted by Crippen LogP contribution is 2.31. The molecule has 0 aliphatic heterocycles. The van der Waals surface area contributed by atoms with Crippen molar-refractivity contribution < 1.29 is 19.2 Å². The summed E-state index contributed by atoms with van der Waals surface area (Å²) in [4.78, 5) is 36.0. The first-order valence-corrected chi connectivity index (χ1v) is 8.64. The maximum absolute atomic E-state index is 12.5. The number of benzene rings is 1. The van der Waals surface area contributed by atoms with Gasteiger partial charge in [0, 0.05) is 10.9 Å². The second-order valence-corrected chi connectivity index (χ2v) is 6.29. The Labute approximate surface area is 148 Å². The Kier molecular flexibility index (Phi) is 6.24. The number of aryl methyl sites for hydroxylation is 1. The highest BCUT2D eigenvalue weighted by molar-refractivity contribution is 7.16. The molecule has 2 rings (SSSR count). The van der Waals surface area contributed by atoms with Gasteiger partial charge in [0.15, 0.2) is 0 Å². The number of ether oxygens (including phenoxy) is 1. The molecular weight excluding hydrogens is 344 g/mol. The summed E-state index contributed by atoms with van der Waals surface area (Å²) in [5.41, 5.74) is -0.0852. The Balaban J connectivity index is 2.34. The number of rotatable bonds is 7. The van der Waals surface area contributed by atoms with Crippen molar-refractivity contribution in [3.05, 3.63) is 56.5 Å². The number of hydrogen-bond donors (Lipinski definition) is 1. The first kappa shape index (κ1) is 18.6. The van der Waals surface area contributed by atoms with E-state index >= 15 is 0 Å². The summed E-state index contributed by atoms with van der Waals surface area (Å²) in [7, 11) is 0. The van der Waals surface area contributed by atoms with Crippen LogP contribution < -0.4 is 5.32 Å². The molecule has 132 valence electrons. The molecule has 0 saturated heterocycles. The van der Waals surface area contributed by atoms with Crippen molar-refractivity contribution in [2.24, 2.45) is 0 Å². The number of esters is 1. The van der Waals surface area contributed by atoms with Crippen LogP contribution in [0.25, 0.3) is 0 Å². The zero-order valence-corrected chi connectivity index (χ0v) is 14.7. The topological polar surface area (TPSA) is 98.5 Å². The van der Waals surface area contributed by atoms with E-state index < -0.39 is 16.8 Å². The lowest BCUT2D eigenvalue weighted by atomic mass is 10.1. The lowest BCUT2D eigenvalue weighted by Crippen LogP contribution is -2.15. The summed E-state index contributed by atoms with van der Waals surface area (Å²) in [5, 5.41) is 14.0. The molecule has 1 heterocycles. The number of carbonyl (C=O) groups is 2. The predicted octanol–water partition coefficient (Wildman–Crippen LogP) is 4.04. The highest BCUT2D eigenvalue weighted by atomic mass is 32.1. The number of carbonyl (C=O) groups excluding carboxylic acids is 2. The van der Waals surface area contributed by atoms with E-state index in [1.807, 2.05) is 6.92 Å². The normalized spacial score (nSPS) is 10.3. The minimum atomic E-state index is -0.636.